The fourth-order valence-corrected chi connectivity index (χ4v) is 6.29. The zero-order chi connectivity index (χ0) is 27.6. The van der Waals surface area contributed by atoms with Gasteiger partial charge in [-0.05, 0) is 55.8 Å². The molecule has 2 aromatic carbocycles. The number of hydrogen-bond acceptors (Lipinski definition) is 7. The second-order valence-electron chi connectivity index (χ2n) is 10.3. The maximum atomic E-state index is 11.5. The van der Waals surface area contributed by atoms with Crippen molar-refractivity contribution in [3.05, 3.63) is 83.6 Å². The van der Waals surface area contributed by atoms with E-state index in [4.69, 9.17) is 0 Å². The van der Waals surface area contributed by atoms with Gasteiger partial charge in [-0.1, -0.05) is 32.1 Å². The molecule has 2 heterocycles. The summed E-state index contributed by atoms with van der Waals surface area (Å²) in [5, 5.41) is 0. The van der Waals surface area contributed by atoms with Crippen LogP contribution >= 0.6 is 0 Å². The molecule has 0 unspecified atom stereocenters. The van der Waals surface area contributed by atoms with E-state index in [1.165, 1.54) is 24.3 Å². The molecule has 196 valence electrons. The standard InChI is InChI=1S/C27H30N2O6S2.Na/c1-26(2)20-16-18(36(30,31)32)12-14-22(20)28(5)24(26)10-8-7-9-11-25-27(3,4)21-17-19(37(33,34)35)13-15-23(21)29(25)6;/h7-17H,1-6H3,(H-,30,31,32,33,34,35);/q;+1/p-1. The molecular weight excluding hydrogens is 535 g/mol. The summed E-state index contributed by atoms with van der Waals surface area (Å²) < 4.78 is 71.1. The summed E-state index contributed by atoms with van der Waals surface area (Å²) in [6, 6.07) is 8.88. The van der Waals surface area contributed by atoms with Crippen molar-refractivity contribution in [1.29, 1.82) is 0 Å². The topological polar surface area (TPSA) is 121 Å². The van der Waals surface area contributed by atoms with Crippen LogP contribution in [0.3, 0.4) is 0 Å². The molecule has 2 aromatic rings. The first-order valence-electron chi connectivity index (χ1n) is 11.6. The van der Waals surface area contributed by atoms with Crippen molar-refractivity contribution in [3.63, 3.8) is 0 Å². The van der Waals surface area contributed by atoms with Gasteiger partial charge in [0.05, 0.1) is 15.2 Å². The Morgan fingerprint density at radius 3 is 1.95 bits per heavy atom. The normalized spacial score (nSPS) is 19.4. The van der Waals surface area contributed by atoms with E-state index in [0.29, 0.717) is 0 Å². The molecule has 2 aliphatic rings. The molecule has 0 saturated carbocycles. The van der Waals surface area contributed by atoms with Crippen molar-refractivity contribution in [1.82, 2.24) is 0 Å². The summed E-state index contributed by atoms with van der Waals surface area (Å²) in [4.78, 5) is 1.49. The minimum Gasteiger partial charge on any atom is -0.744 e. The summed E-state index contributed by atoms with van der Waals surface area (Å²) in [5.41, 5.74) is 4.08. The second-order valence-corrected chi connectivity index (χ2v) is 13.1. The molecule has 8 nitrogen and oxygen atoms in total. The van der Waals surface area contributed by atoms with Gasteiger partial charge in [-0.25, -0.2) is 16.8 Å². The predicted molar refractivity (Wildman–Crippen MR) is 140 cm³/mol. The molecule has 0 amide bonds. The van der Waals surface area contributed by atoms with E-state index in [1.807, 2.05) is 81.6 Å². The van der Waals surface area contributed by atoms with Gasteiger partial charge in [-0.2, -0.15) is 4.58 Å². The number of fused-ring (bicyclic) bond motifs is 2. The molecule has 0 spiro atoms. The maximum Gasteiger partial charge on any atom is 1.00 e. The number of anilines is 1. The number of nitrogens with zero attached hydrogens (tertiary/aromatic N) is 2. The fourth-order valence-electron chi connectivity index (χ4n) is 5.30. The molecule has 0 aliphatic carbocycles. The molecule has 11 heteroatoms. The number of hydrogen-bond donors (Lipinski definition) is 0. The van der Waals surface area contributed by atoms with Crippen molar-refractivity contribution in [2.45, 2.75) is 48.3 Å². The van der Waals surface area contributed by atoms with Crippen LogP contribution in [0.4, 0.5) is 11.4 Å². The average molecular weight is 565 g/mol. The number of rotatable bonds is 5. The van der Waals surface area contributed by atoms with Gasteiger partial charge in [0.15, 0.2) is 5.71 Å². The Hall–Kier alpha value is -2.05. The Morgan fingerprint density at radius 1 is 0.816 bits per heavy atom. The van der Waals surface area contributed by atoms with Gasteiger partial charge in [0.25, 0.3) is 0 Å². The van der Waals surface area contributed by atoms with E-state index >= 15 is 0 Å². The Balaban J connectivity index is 0.00000400. The first kappa shape index (κ1) is 30.5. The van der Waals surface area contributed by atoms with Crippen LogP contribution < -0.4 is 34.5 Å². The van der Waals surface area contributed by atoms with E-state index in [-0.39, 0.29) is 39.3 Å². The Kier molecular flexibility index (Phi) is 8.16. The second kappa shape index (κ2) is 10.2. The van der Waals surface area contributed by atoms with E-state index in [9.17, 15) is 25.9 Å². The van der Waals surface area contributed by atoms with Crippen LogP contribution in [0.15, 0.2) is 82.3 Å². The summed E-state index contributed by atoms with van der Waals surface area (Å²) in [7, 11) is -5.30. The molecule has 38 heavy (non-hydrogen) atoms. The van der Waals surface area contributed by atoms with Crippen LogP contribution in [-0.2, 0) is 31.1 Å². The van der Waals surface area contributed by atoms with Crippen molar-refractivity contribution < 1.29 is 60.1 Å². The van der Waals surface area contributed by atoms with Gasteiger partial charge in [0.1, 0.15) is 27.3 Å². The summed E-state index contributed by atoms with van der Waals surface area (Å²) >= 11 is 0. The summed E-state index contributed by atoms with van der Waals surface area (Å²) in [6.45, 7) is 7.91. The Bertz CT molecular complexity index is 1650. The zero-order valence-corrected chi connectivity index (χ0v) is 26.1. The molecular formula is C27H29N2NaO6S2. The van der Waals surface area contributed by atoms with Gasteiger partial charge in [-0.3, -0.25) is 0 Å². The van der Waals surface area contributed by atoms with Crippen LogP contribution in [-0.4, -0.2) is 50.3 Å². The van der Waals surface area contributed by atoms with Crippen molar-refractivity contribution in [2.24, 2.45) is 0 Å². The average Bonchev–Trinajstić information content (AvgIpc) is 3.10. The van der Waals surface area contributed by atoms with Gasteiger partial charge in [0.2, 0.25) is 5.69 Å². The minimum atomic E-state index is -4.55. The first-order chi connectivity index (χ1) is 17.0. The van der Waals surface area contributed by atoms with Gasteiger partial charge in [0, 0.05) is 41.6 Å². The van der Waals surface area contributed by atoms with Crippen LogP contribution in [0.5, 0.6) is 0 Å². The Morgan fingerprint density at radius 2 is 1.37 bits per heavy atom. The van der Waals surface area contributed by atoms with Crippen molar-refractivity contribution in [2.75, 3.05) is 19.0 Å². The van der Waals surface area contributed by atoms with E-state index < -0.39 is 31.1 Å². The third kappa shape index (κ3) is 5.23. The van der Waals surface area contributed by atoms with Gasteiger partial charge < -0.3 is 14.0 Å². The van der Waals surface area contributed by atoms with E-state index in [1.54, 1.807) is 12.1 Å². The van der Waals surface area contributed by atoms with Crippen molar-refractivity contribution in [3.8, 4) is 0 Å². The third-order valence-corrected chi connectivity index (χ3v) is 8.98. The maximum absolute atomic E-state index is 11.5. The largest absolute Gasteiger partial charge is 1.00 e. The number of likely N-dealkylation sites (N-methyl/N-ethyl adjacent to an activating group) is 1. The van der Waals surface area contributed by atoms with Crippen LogP contribution in [0, 0.1) is 0 Å². The monoisotopic (exact) mass is 564 g/mol. The summed E-state index contributed by atoms with van der Waals surface area (Å²) in [5.74, 6) is 0. The van der Waals surface area contributed by atoms with Crippen molar-refractivity contribution >= 4 is 37.3 Å². The van der Waals surface area contributed by atoms with Gasteiger partial charge in [-0.15, -0.1) is 0 Å². The SMILES string of the molecule is CN1/C(=C/C=C/C=C/C2=[N+](C)c3ccc(S(=O)(=O)[O-])cc3C2(C)C)C(C)(C)c2cc(S(=O)(=O)[O-])ccc21.[Na+]. The zero-order valence-electron chi connectivity index (χ0n) is 22.5. The number of allylic oxidation sites excluding steroid dienone is 6. The van der Waals surface area contributed by atoms with Gasteiger partial charge >= 0.3 is 29.6 Å². The molecule has 0 atom stereocenters. The molecule has 4 rings (SSSR count). The first-order valence-corrected chi connectivity index (χ1v) is 14.4. The Labute approximate surface area is 246 Å². The number of benzene rings is 2. The summed E-state index contributed by atoms with van der Waals surface area (Å²) in [6.07, 6.45) is 9.55. The van der Waals surface area contributed by atoms with Crippen LogP contribution in [0.2, 0.25) is 0 Å². The molecule has 0 radical (unpaired) electrons. The minimum absolute atomic E-state index is 0. The van der Waals surface area contributed by atoms with E-state index in [0.717, 1.165) is 33.9 Å². The molecule has 0 fully saturated rings. The third-order valence-electron chi connectivity index (χ3n) is 7.32. The quantitative estimate of drug-likeness (QED) is 0.229. The predicted octanol–water partition coefficient (Wildman–Crippen LogP) is 0.929. The fraction of sp³-hybridized carbons (Fsp3) is 0.296. The van der Waals surface area contributed by atoms with Crippen LogP contribution in [0.25, 0.3) is 0 Å². The molecule has 2 aliphatic heterocycles. The van der Waals surface area contributed by atoms with Crippen LogP contribution in [0.1, 0.15) is 38.8 Å². The smallest absolute Gasteiger partial charge is 0.744 e. The van der Waals surface area contributed by atoms with E-state index in [2.05, 4.69) is 0 Å². The molecule has 0 bridgehead atoms. The molecule has 0 N–H and O–H groups in total. The molecule has 0 saturated heterocycles. The molecule has 0 aromatic heterocycles.